The van der Waals surface area contributed by atoms with Crippen LogP contribution in [0.2, 0.25) is 0 Å². The van der Waals surface area contributed by atoms with Crippen LogP contribution >= 0.6 is 0 Å². The summed E-state index contributed by atoms with van der Waals surface area (Å²) in [5, 5.41) is 0. The average Bonchev–Trinajstić information content (AvgIpc) is 2.86. The van der Waals surface area contributed by atoms with Gasteiger partial charge in [0.15, 0.2) is 6.54 Å². The van der Waals surface area contributed by atoms with E-state index in [0.717, 1.165) is 25.1 Å². The van der Waals surface area contributed by atoms with Crippen molar-refractivity contribution < 1.29 is 18.8 Å². The predicted octanol–water partition coefficient (Wildman–Crippen LogP) is 7.74. The van der Waals surface area contributed by atoms with Crippen molar-refractivity contribution in [3.8, 4) is 5.75 Å². The fourth-order valence-corrected chi connectivity index (χ4v) is 4.56. The van der Waals surface area contributed by atoms with Gasteiger partial charge in [0.05, 0.1) is 14.1 Å². The molecule has 0 saturated heterocycles. The van der Waals surface area contributed by atoms with Crippen molar-refractivity contribution in [3.05, 3.63) is 65.7 Å². The number of carbonyl (C=O) groups is 1. The maximum atomic E-state index is 12.5. The fraction of sp³-hybridized carbons (Fsp3) is 0.594. The third-order valence-corrected chi connectivity index (χ3v) is 6.67. The molecule has 2 aromatic rings. The minimum Gasteiger partial charge on any atom is -0.487 e. The number of aryl methyl sites for hydroxylation is 1. The zero-order chi connectivity index (χ0) is 26.1. The lowest BCUT2D eigenvalue weighted by Crippen LogP contribution is -2.44. The van der Waals surface area contributed by atoms with Crippen molar-refractivity contribution >= 4 is 5.97 Å². The molecule has 0 bridgehead atoms. The molecule has 0 saturated carbocycles. The lowest BCUT2D eigenvalue weighted by molar-refractivity contribution is -0.896. The zero-order valence-electron chi connectivity index (χ0n) is 23.3. The molecule has 0 amide bonds. The van der Waals surface area contributed by atoms with Crippen molar-refractivity contribution in [2.24, 2.45) is 0 Å². The number of ether oxygens (including phenoxy) is 2. The van der Waals surface area contributed by atoms with Crippen molar-refractivity contribution in [3.63, 3.8) is 0 Å². The molecule has 0 spiro atoms. The van der Waals surface area contributed by atoms with E-state index in [1.807, 2.05) is 24.3 Å². The molecule has 0 heterocycles. The highest BCUT2D eigenvalue weighted by Crippen LogP contribution is 2.19. The summed E-state index contributed by atoms with van der Waals surface area (Å²) in [4.78, 5) is 12.5. The summed E-state index contributed by atoms with van der Waals surface area (Å²) in [7, 11) is 4.11. The van der Waals surface area contributed by atoms with E-state index in [1.165, 1.54) is 68.9 Å². The van der Waals surface area contributed by atoms with Gasteiger partial charge in [-0.3, -0.25) is 0 Å². The summed E-state index contributed by atoms with van der Waals surface area (Å²) in [5.74, 6) is 0.684. The number of unbranched alkanes of at least 4 members (excludes halogenated alkanes) is 8. The molecule has 4 heteroatoms. The molecule has 1 unspecified atom stereocenters. The highest BCUT2D eigenvalue weighted by Gasteiger charge is 2.23. The topological polar surface area (TPSA) is 35.5 Å². The first-order chi connectivity index (χ1) is 17.4. The van der Waals surface area contributed by atoms with Gasteiger partial charge < -0.3 is 14.0 Å². The molecule has 36 heavy (non-hydrogen) atoms. The summed E-state index contributed by atoms with van der Waals surface area (Å²) in [6, 6.07) is 18.7. The van der Waals surface area contributed by atoms with Crippen LogP contribution in [0.25, 0.3) is 0 Å². The number of carbonyl (C=O) groups excluding carboxylic acids is 1. The standard InChI is InChI=1S/C32H50NO3/c1-5-7-8-9-10-11-12-13-15-19-28-22-18-23-31(24-28)36-30(6-2)27-35-32(34)26-33(3,4)25-29-20-16-14-17-21-29/h14,16-18,20-24,30H,5-13,15,19,25-27H2,1-4H3/q+1. The van der Waals surface area contributed by atoms with Crippen molar-refractivity contribution in [2.75, 3.05) is 27.2 Å². The number of nitrogens with zero attached hydrogens (tertiary/aromatic N) is 1. The predicted molar refractivity (Wildman–Crippen MR) is 150 cm³/mol. The normalized spacial score (nSPS) is 12.3. The van der Waals surface area contributed by atoms with Crippen LogP contribution in [0.4, 0.5) is 0 Å². The minimum atomic E-state index is -0.183. The molecular weight excluding hydrogens is 446 g/mol. The quantitative estimate of drug-likeness (QED) is 0.113. The first-order valence-electron chi connectivity index (χ1n) is 14.2. The Morgan fingerprint density at radius 3 is 2.11 bits per heavy atom. The maximum Gasteiger partial charge on any atom is 0.361 e. The molecule has 1 atom stereocenters. The monoisotopic (exact) mass is 496 g/mol. The highest BCUT2D eigenvalue weighted by molar-refractivity contribution is 5.70. The molecule has 200 valence electrons. The Hall–Kier alpha value is -2.33. The van der Waals surface area contributed by atoms with E-state index in [9.17, 15) is 4.79 Å². The van der Waals surface area contributed by atoms with Crippen LogP contribution in [-0.2, 0) is 22.5 Å². The smallest absolute Gasteiger partial charge is 0.361 e. The van der Waals surface area contributed by atoms with Gasteiger partial charge in [0, 0.05) is 5.56 Å². The van der Waals surface area contributed by atoms with Gasteiger partial charge in [0.2, 0.25) is 0 Å². The van der Waals surface area contributed by atoms with E-state index in [0.29, 0.717) is 11.0 Å². The van der Waals surface area contributed by atoms with Gasteiger partial charge >= 0.3 is 5.97 Å². The molecule has 0 N–H and O–H groups in total. The van der Waals surface area contributed by atoms with Gasteiger partial charge in [-0.2, -0.15) is 0 Å². The second-order valence-corrected chi connectivity index (χ2v) is 10.8. The molecule has 0 fully saturated rings. The highest BCUT2D eigenvalue weighted by atomic mass is 16.6. The van der Waals surface area contributed by atoms with E-state index < -0.39 is 0 Å². The summed E-state index contributed by atoms with van der Waals surface area (Å²) in [6.07, 6.45) is 13.8. The Morgan fingerprint density at radius 2 is 1.44 bits per heavy atom. The van der Waals surface area contributed by atoms with Gasteiger partial charge in [0.1, 0.15) is 25.0 Å². The second kappa shape index (κ2) is 17.2. The van der Waals surface area contributed by atoms with E-state index in [2.05, 4.69) is 58.3 Å². The molecule has 0 aromatic heterocycles. The largest absolute Gasteiger partial charge is 0.487 e. The van der Waals surface area contributed by atoms with E-state index in [-0.39, 0.29) is 18.7 Å². The van der Waals surface area contributed by atoms with E-state index >= 15 is 0 Å². The van der Waals surface area contributed by atoms with Gasteiger partial charge in [-0.15, -0.1) is 0 Å². The van der Waals surface area contributed by atoms with Crippen molar-refractivity contribution in [1.82, 2.24) is 0 Å². The third-order valence-electron chi connectivity index (χ3n) is 6.67. The summed E-state index contributed by atoms with van der Waals surface area (Å²) in [6.45, 7) is 5.74. The van der Waals surface area contributed by atoms with Crippen molar-refractivity contribution in [1.29, 1.82) is 0 Å². The van der Waals surface area contributed by atoms with Crippen LogP contribution in [0.15, 0.2) is 54.6 Å². The van der Waals surface area contributed by atoms with Crippen LogP contribution in [0.1, 0.15) is 89.2 Å². The lowest BCUT2D eigenvalue weighted by atomic mass is 10.0. The fourth-order valence-electron chi connectivity index (χ4n) is 4.56. The second-order valence-electron chi connectivity index (χ2n) is 10.8. The first kappa shape index (κ1) is 29.9. The molecule has 0 aliphatic rings. The number of likely N-dealkylation sites (N-methyl/N-ethyl adjacent to an activating group) is 1. The zero-order valence-corrected chi connectivity index (χ0v) is 23.3. The van der Waals surface area contributed by atoms with Crippen LogP contribution in [0.5, 0.6) is 5.75 Å². The van der Waals surface area contributed by atoms with Crippen LogP contribution in [0.3, 0.4) is 0 Å². The molecule has 0 aliphatic heterocycles. The summed E-state index contributed by atoms with van der Waals surface area (Å²) in [5.41, 5.74) is 2.54. The van der Waals surface area contributed by atoms with Crippen molar-refractivity contribution in [2.45, 2.75) is 97.1 Å². The number of esters is 1. The number of quaternary nitrogens is 1. The molecule has 0 radical (unpaired) electrons. The van der Waals surface area contributed by atoms with Gasteiger partial charge in [0.25, 0.3) is 0 Å². The Labute approximate surface area is 220 Å². The van der Waals surface area contributed by atoms with E-state index in [4.69, 9.17) is 9.47 Å². The lowest BCUT2D eigenvalue weighted by Gasteiger charge is -2.29. The van der Waals surface area contributed by atoms with Gasteiger partial charge in [-0.1, -0.05) is 108 Å². The SMILES string of the molecule is CCCCCCCCCCCc1cccc(OC(CC)COC(=O)C[N+](C)(C)Cc2ccccc2)c1. The number of benzene rings is 2. The molecule has 0 aliphatic carbocycles. The third kappa shape index (κ3) is 13.1. The van der Waals surface area contributed by atoms with Gasteiger partial charge in [-0.05, 0) is 37.0 Å². The summed E-state index contributed by atoms with van der Waals surface area (Å²) < 4.78 is 12.4. The van der Waals surface area contributed by atoms with Crippen LogP contribution in [-0.4, -0.2) is 43.8 Å². The molecular formula is C32H50NO3+. The molecule has 2 rings (SSSR count). The Balaban J connectivity index is 1.69. The molecule has 4 nitrogen and oxygen atoms in total. The number of rotatable bonds is 19. The molecule has 2 aromatic carbocycles. The summed E-state index contributed by atoms with van der Waals surface area (Å²) >= 11 is 0. The maximum absolute atomic E-state index is 12.5. The van der Waals surface area contributed by atoms with Crippen LogP contribution in [0, 0.1) is 0 Å². The Morgan fingerprint density at radius 1 is 0.806 bits per heavy atom. The Kier molecular flexibility index (Phi) is 14.3. The minimum absolute atomic E-state index is 0.137. The first-order valence-corrected chi connectivity index (χ1v) is 14.2. The number of hydrogen-bond donors (Lipinski definition) is 0. The van der Waals surface area contributed by atoms with Crippen LogP contribution < -0.4 is 4.74 Å². The van der Waals surface area contributed by atoms with E-state index in [1.54, 1.807) is 0 Å². The Bertz CT molecular complexity index is 849. The average molecular weight is 497 g/mol. The van der Waals surface area contributed by atoms with Gasteiger partial charge in [-0.25, -0.2) is 4.79 Å². The number of hydrogen-bond acceptors (Lipinski definition) is 3.